The second-order valence-electron chi connectivity index (χ2n) is 8.48. The molecule has 0 amide bonds. The number of rotatable bonds is 6. The highest BCUT2D eigenvalue weighted by molar-refractivity contribution is 7.88. The number of hydrogen-bond donors (Lipinski definition) is 1. The van der Waals surface area contributed by atoms with E-state index >= 15 is 0 Å². The van der Waals surface area contributed by atoms with E-state index in [4.69, 9.17) is 4.98 Å². The second-order valence-corrected chi connectivity index (χ2v) is 10.3. The van der Waals surface area contributed by atoms with Gasteiger partial charge in [-0.15, -0.1) is 0 Å². The van der Waals surface area contributed by atoms with Gasteiger partial charge in [-0.05, 0) is 49.8 Å². The Bertz CT molecular complexity index is 1280. The van der Waals surface area contributed by atoms with Crippen LogP contribution in [0.15, 0.2) is 59.4 Å². The molecule has 3 aromatic rings. The number of hydrogen-bond acceptors (Lipinski definition) is 4. The maximum absolute atomic E-state index is 13.4. The molecule has 0 fully saturated rings. The van der Waals surface area contributed by atoms with E-state index < -0.39 is 10.0 Å². The van der Waals surface area contributed by atoms with E-state index in [1.54, 1.807) is 4.57 Å². The van der Waals surface area contributed by atoms with Crippen LogP contribution >= 0.6 is 0 Å². The molecule has 0 saturated heterocycles. The summed E-state index contributed by atoms with van der Waals surface area (Å²) in [4.78, 5) is 18.1. The average molecular weight is 452 g/mol. The first-order valence-corrected chi connectivity index (χ1v) is 12.9. The van der Waals surface area contributed by atoms with Crippen LogP contribution in [0.25, 0.3) is 11.1 Å². The molecular formula is C25H29N3O3S. The third kappa shape index (κ3) is 4.69. The lowest BCUT2D eigenvalue weighted by molar-refractivity contribution is 0.415. The molecule has 32 heavy (non-hydrogen) atoms. The standard InChI is InChI=1S/C25H29N3O3S/c1-4-28-17(2)26-23-14-13-22(27-32(3,30)31)21(24(23)25(28)29)16-18-9-8-12-20(15-18)19-10-6-5-7-11-19/h5-12,15,21-22,27H,4,13-14,16H2,1-3H3. The highest BCUT2D eigenvalue weighted by Gasteiger charge is 2.35. The first kappa shape index (κ1) is 22.4. The van der Waals surface area contributed by atoms with Crippen molar-refractivity contribution in [2.75, 3.05) is 6.26 Å². The third-order valence-corrected chi connectivity index (χ3v) is 6.92. The molecule has 1 aliphatic rings. The summed E-state index contributed by atoms with van der Waals surface area (Å²) in [6.45, 7) is 4.31. The highest BCUT2D eigenvalue weighted by atomic mass is 32.2. The normalized spacial score (nSPS) is 18.3. The SMILES string of the molecule is CCn1c(C)nc2c(c1=O)C(Cc1cccc(-c3ccccc3)c1)C(NS(C)(=O)=O)CC2. The Morgan fingerprint density at radius 3 is 2.50 bits per heavy atom. The molecule has 7 heteroatoms. The Kier molecular flexibility index (Phi) is 6.31. The molecule has 2 unspecified atom stereocenters. The van der Waals surface area contributed by atoms with E-state index in [0.717, 1.165) is 22.4 Å². The summed E-state index contributed by atoms with van der Waals surface area (Å²) in [5.41, 5.74) is 4.67. The topological polar surface area (TPSA) is 81.1 Å². The van der Waals surface area contributed by atoms with Crippen LogP contribution in [0.4, 0.5) is 0 Å². The Morgan fingerprint density at radius 2 is 1.81 bits per heavy atom. The molecule has 6 nitrogen and oxygen atoms in total. The van der Waals surface area contributed by atoms with E-state index in [-0.39, 0.29) is 17.5 Å². The van der Waals surface area contributed by atoms with Crippen LogP contribution < -0.4 is 10.3 Å². The summed E-state index contributed by atoms with van der Waals surface area (Å²) in [7, 11) is -3.42. The van der Waals surface area contributed by atoms with E-state index in [2.05, 4.69) is 29.0 Å². The van der Waals surface area contributed by atoms with Gasteiger partial charge in [-0.1, -0.05) is 54.6 Å². The van der Waals surface area contributed by atoms with Gasteiger partial charge in [0.1, 0.15) is 5.82 Å². The van der Waals surface area contributed by atoms with Crippen LogP contribution in [0.5, 0.6) is 0 Å². The lowest BCUT2D eigenvalue weighted by atomic mass is 9.78. The lowest BCUT2D eigenvalue weighted by Crippen LogP contribution is -2.46. The van der Waals surface area contributed by atoms with Crippen molar-refractivity contribution >= 4 is 10.0 Å². The van der Waals surface area contributed by atoms with Crippen molar-refractivity contribution in [3.8, 4) is 11.1 Å². The number of benzene rings is 2. The fourth-order valence-corrected chi connectivity index (χ4v) is 5.62. The predicted molar refractivity (Wildman–Crippen MR) is 127 cm³/mol. The molecule has 168 valence electrons. The van der Waals surface area contributed by atoms with Gasteiger partial charge in [0.15, 0.2) is 0 Å². The van der Waals surface area contributed by atoms with Crippen molar-refractivity contribution < 1.29 is 8.42 Å². The molecule has 2 aromatic carbocycles. The molecule has 0 spiro atoms. The third-order valence-electron chi connectivity index (χ3n) is 6.19. The van der Waals surface area contributed by atoms with Gasteiger partial charge in [-0.25, -0.2) is 18.1 Å². The van der Waals surface area contributed by atoms with Crippen LogP contribution in [0, 0.1) is 6.92 Å². The van der Waals surface area contributed by atoms with Crippen LogP contribution in [0.1, 0.15) is 41.9 Å². The van der Waals surface area contributed by atoms with Crippen LogP contribution in [-0.4, -0.2) is 30.3 Å². The molecule has 0 aliphatic heterocycles. The Labute approximate surface area is 189 Å². The zero-order chi connectivity index (χ0) is 22.9. The number of fused-ring (bicyclic) bond motifs is 1. The van der Waals surface area contributed by atoms with Crippen molar-refractivity contribution in [2.45, 2.75) is 51.6 Å². The predicted octanol–water partition coefficient (Wildman–Crippen LogP) is 3.43. The smallest absolute Gasteiger partial charge is 0.257 e. The molecule has 1 aromatic heterocycles. The average Bonchev–Trinajstić information content (AvgIpc) is 2.75. The maximum atomic E-state index is 13.4. The minimum atomic E-state index is -3.42. The monoisotopic (exact) mass is 451 g/mol. The first-order valence-electron chi connectivity index (χ1n) is 11.0. The Hall–Kier alpha value is -2.77. The molecular weight excluding hydrogens is 422 g/mol. The molecule has 0 saturated carbocycles. The van der Waals surface area contributed by atoms with Gasteiger partial charge in [0, 0.05) is 24.1 Å². The molecule has 1 aliphatic carbocycles. The van der Waals surface area contributed by atoms with Gasteiger partial charge in [0.25, 0.3) is 5.56 Å². The number of sulfonamides is 1. The Morgan fingerprint density at radius 1 is 1.09 bits per heavy atom. The largest absolute Gasteiger partial charge is 0.297 e. The van der Waals surface area contributed by atoms with Gasteiger partial charge >= 0.3 is 0 Å². The number of aryl methyl sites for hydroxylation is 2. The van der Waals surface area contributed by atoms with Gasteiger partial charge in [0.2, 0.25) is 10.0 Å². The highest BCUT2D eigenvalue weighted by Crippen LogP contribution is 2.33. The molecule has 4 rings (SSSR count). The molecule has 1 N–H and O–H groups in total. The van der Waals surface area contributed by atoms with Crippen molar-refractivity contribution in [1.29, 1.82) is 0 Å². The van der Waals surface area contributed by atoms with Crippen LogP contribution in [0.2, 0.25) is 0 Å². The zero-order valence-corrected chi connectivity index (χ0v) is 19.5. The molecule has 2 atom stereocenters. The number of nitrogens with one attached hydrogen (secondary N) is 1. The quantitative estimate of drug-likeness (QED) is 0.623. The van der Waals surface area contributed by atoms with Gasteiger partial charge in [-0.2, -0.15) is 0 Å². The van der Waals surface area contributed by atoms with E-state index in [1.807, 2.05) is 44.2 Å². The van der Waals surface area contributed by atoms with E-state index in [0.29, 0.717) is 37.2 Å². The fourth-order valence-electron chi connectivity index (χ4n) is 4.78. The van der Waals surface area contributed by atoms with Gasteiger partial charge in [-0.3, -0.25) is 9.36 Å². The zero-order valence-electron chi connectivity index (χ0n) is 18.7. The molecule has 1 heterocycles. The summed E-state index contributed by atoms with van der Waals surface area (Å²) in [5.74, 6) is 0.425. The van der Waals surface area contributed by atoms with Crippen molar-refractivity contribution in [1.82, 2.24) is 14.3 Å². The van der Waals surface area contributed by atoms with Crippen molar-refractivity contribution in [2.24, 2.45) is 0 Å². The summed E-state index contributed by atoms with van der Waals surface area (Å²) in [6.07, 6.45) is 2.94. The summed E-state index contributed by atoms with van der Waals surface area (Å²) < 4.78 is 28.7. The van der Waals surface area contributed by atoms with Gasteiger partial charge < -0.3 is 0 Å². The summed E-state index contributed by atoms with van der Waals surface area (Å²) in [5, 5.41) is 0. The second kappa shape index (κ2) is 9.00. The molecule has 0 radical (unpaired) electrons. The van der Waals surface area contributed by atoms with Gasteiger partial charge in [0.05, 0.1) is 11.9 Å². The molecule has 0 bridgehead atoms. The fraction of sp³-hybridized carbons (Fsp3) is 0.360. The first-order chi connectivity index (χ1) is 15.3. The minimum Gasteiger partial charge on any atom is -0.297 e. The number of aromatic nitrogens is 2. The minimum absolute atomic E-state index is 0.0563. The lowest BCUT2D eigenvalue weighted by Gasteiger charge is -2.33. The van der Waals surface area contributed by atoms with E-state index in [9.17, 15) is 13.2 Å². The number of nitrogens with zero attached hydrogens (tertiary/aromatic N) is 2. The van der Waals surface area contributed by atoms with Crippen LogP contribution in [-0.2, 0) is 29.4 Å². The Balaban J connectivity index is 1.79. The van der Waals surface area contributed by atoms with Crippen molar-refractivity contribution in [3.63, 3.8) is 0 Å². The van der Waals surface area contributed by atoms with Crippen molar-refractivity contribution in [3.05, 3.63) is 87.6 Å². The summed E-state index contributed by atoms with van der Waals surface area (Å²) >= 11 is 0. The van der Waals surface area contributed by atoms with Crippen LogP contribution in [0.3, 0.4) is 0 Å². The maximum Gasteiger partial charge on any atom is 0.257 e. The van der Waals surface area contributed by atoms with E-state index in [1.165, 1.54) is 6.26 Å². The summed E-state index contributed by atoms with van der Waals surface area (Å²) in [6, 6.07) is 18.0.